The Morgan fingerprint density at radius 1 is 0.250 bits per heavy atom. The fourth-order valence-electron chi connectivity index (χ4n) is 5.57. The normalized spacial score (nSPS) is 11.7. The van der Waals surface area contributed by atoms with Crippen molar-refractivity contribution in [2.45, 2.75) is 219 Å². The lowest BCUT2D eigenvalue weighted by molar-refractivity contribution is 0.513. The summed E-state index contributed by atoms with van der Waals surface area (Å²) in [4.78, 5) is 0. The Kier molecular flexibility index (Phi) is 34.5. The molecule has 0 unspecified atom stereocenters. The molecule has 0 saturated carbocycles. The van der Waals surface area contributed by atoms with Gasteiger partial charge in [0.05, 0.1) is 0 Å². The minimum atomic E-state index is 1.19. The topological polar surface area (TPSA) is 0 Å². The van der Waals surface area contributed by atoms with E-state index in [1.165, 1.54) is 205 Å². The van der Waals surface area contributed by atoms with E-state index in [2.05, 4.69) is 26.0 Å². The molecular formula is C36H72. The number of allylic oxidation sites excluding steroid dienone is 2. The summed E-state index contributed by atoms with van der Waals surface area (Å²) in [6, 6.07) is 0. The molecule has 0 radical (unpaired) electrons. The lowest BCUT2D eigenvalue weighted by Crippen LogP contribution is -1.85. The van der Waals surface area contributed by atoms with E-state index in [1.54, 1.807) is 0 Å². The van der Waals surface area contributed by atoms with Crippen LogP contribution >= 0.6 is 0 Å². The van der Waals surface area contributed by atoms with Gasteiger partial charge in [0.2, 0.25) is 0 Å². The molecule has 0 aromatic carbocycles. The summed E-state index contributed by atoms with van der Waals surface area (Å²) in [5, 5.41) is 0. The molecule has 0 heterocycles. The minimum absolute atomic E-state index is 1.19. The van der Waals surface area contributed by atoms with Gasteiger partial charge in [-0.25, -0.2) is 0 Å². The monoisotopic (exact) mass is 505 g/mol. The van der Waals surface area contributed by atoms with Crippen molar-refractivity contribution in [3.8, 4) is 0 Å². The van der Waals surface area contributed by atoms with E-state index in [4.69, 9.17) is 0 Å². The third kappa shape index (κ3) is 33.7. The van der Waals surface area contributed by atoms with Crippen LogP contribution in [0.15, 0.2) is 12.2 Å². The van der Waals surface area contributed by atoms with E-state index < -0.39 is 0 Å². The molecule has 0 saturated heterocycles. The summed E-state index contributed by atoms with van der Waals surface area (Å²) in [5.41, 5.74) is 0. The molecule has 36 heavy (non-hydrogen) atoms. The number of rotatable bonds is 32. The molecule has 0 bridgehead atoms. The highest BCUT2D eigenvalue weighted by atomic mass is 14.0. The molecule has 0 atom stereocenters. The van der Waals surface area contributed by atoms with Gasteiger partial charge in [-0.15, -0.1) is 0 Å². The molecule has 0 spiro atoms. The summed E-state index contributed by atoms with van der Waals surface area (Å²) in [5.74, 6) is 0. The van der Waals surface area contributed by atoms with Gasteiger partial charge in [0.15, 0.2) is 0 Å². The Balaban J connectivity index is 3.02. The van der Waals surface area contributed by atoms with Crippen LogP contribution in [0, 0.1) is 0 Å². The fraction of sp³-hybridized carbons (Fsp3) is 0.944. The van der Waals surface area contributed by atoms with Crippen molar-refractivity contribution in [3.05, 3.63) is 12.2 Å². The summed E-state index contributed by atoms with van der Waals surface area (Å²) >= 11 is 0. The van der Waals surface area contributed by atoms with Gasteiger partial charge in [-0.05, 0) is 19.3 Å². The molecule has 0 aliphatic rings. The second-order valence-electron chi connectivity index (χ2n) is 11.9. The molecule has 0 heteroatoms. The Bertz CT molecular complexity index is 381. The summed E-state index contributed by atoms with van der Waals surface area (Å²) in [7, 11) is 0. The first-order chi connectivity index (χ1) is 17.9. The molecule has 0 aromatic rings. The van der Waals surface area contributed by atoms with E-state index in [1.807, 2.05) is 0 Å². The predicted octanol–water partition coefficient (Wildman–Crippen LogP) is 14.1. The van der Waals surface area contributed by atoms with Crippen LogP contribution in [-0.4, -0.2) is 0 Å². The molecule has 0 N–H and O–H groups in total. The maximum atomic E-state index is 2.36. The molecule has 0 aromatic heterocycles. The number of unbranched alkanes of at least 4 members (excludes halogenated alkanes) is 30. The van der Waals surface area contributed by atoms with Crippen molar-refractivity contribution >= 4 is 0 Å². The van der Waals surface area contributed by atoms with E-state index in [0.717, 1.165) is 0 Å². The third-order valence-corrected chi connectivity index (χ3v) is 8.13. The average Bonchev–Trinajstić information content (AvgIpc) is 2.89. The zero-order valence-corrected chi connectivity index (χ0v) is 25.8. The maximum Gasteiger partial charge on any atom is -0.0351 e. The summed E-state index contributed by atoms with van der Waals surface area (Å²) in [6.45, 7) is 4.53. The Morgan fingerprint density at radius 2 is 0.472 bits per heavy atom. The van der Waals surface area contributed by atoms with E-state index in [0.29, 0.717) is 0 Å². The SMILES string of the molecule is CCC=CCCCCCCCCCCCCCCCCCCCCCCCCCCCCCCCC. The Labute approximate surface area is 231 Å². The fourth-order valence-corrected chi connectivity index (χ4v) is 5.57. The van der Waals surface area contributed by atoms with Crippen LogP contribution in [0.1, 0.15) is 219 Å². The van der Waals surface area contributed by atoms with E-state index in [9.17, 15) is 0 Å². The van der Waals surface area contributed by atoms with Gasteiger partial charge in [0.1, 0.15) is 0 Å². The van der Waals surface area contributed by atoms with Crippen molar-refractivity contribution < 1.29 is 0 Å². The highest BCUT2D eigenvalue weighted by Gasteiger charge is 1.97. The van der Waals surface area contributed by atoms with Gasteiger partial charge < -0.3 is 0 Å². The maximum absolute atomic E-state index is 2.36. The highest BCUT2D eigenvalue weighted by molar-refractivity contribution is 4.79. The Morgan fingerprint density at radius 3 is 0.694 bits per heavy atom. The molecule has 0 fully saturated rings. The second kappa shape index (κ2) is 34.7. The van der Waals surface area contributed by atoms with Gasteiger partial charge >= 0.3 is 0 Å². The van der Waals surface area contributed by atoms with Gasteiger partial charge in [0.25, 0.3) is 0 Å². The van der Waals surface area contributed by atoms with Gasteiger partial charge in [-0.1, -0.05) is 212 Å². The largest absolute Gasteiger partial charge is 0.0888 e. The van der Waals surface area contributed by atoms with Gasteiger partial charge in [-0.2, -0.15) is 0 Å². The van der Waals surface area contributed by atoms with Crippen LogP contribution in [0.2, 0.25) is 0 Å². The van der Waals surface area contributed by atoms with Crippen molar-refractivity contribution in [3.63, 3.8) is 0 Å². The predicted molar refractivity (Wildman–Crippen MR) is 168 cm³/mol. The average molecular weight is 505 g/mol. The molecule has 0 rings (SSSR count). The summed E-state index contributed by atoms with van der Waals surface area (Å²) in [6.07, 6.45) is 51.5. The van der Waals surface area contributed by atoms with Crippen molar-refractivity contribution in [2.24, 2.45) is 0 Å². The van der Waals surface area contributed by atoms with Crippen LogP contribution in [0.4, 0.5) is 0 Å². The van der Waals surface area contributed by atoms with Crippen LogP contribution in [-0.2, 0) is 0 Å². The van der Waals surface area contributed by atoms with Crippen molar-refractivity contribution in [2.75, 3.05) is 0 Å². The van der Waals surface area contributed by atoms with Crippen molar-refractivity contribution in [1.82, 2.24) is 0 Å². The second-order valence-corrected chi connectivity index (χ2v) is 11.9. The number of hydrogen-bond donors (Lipinski definition) is 0. The van der Waals surface area contributed by atoms with Crippen LogP contribution in [0.25, 0.3) is 0 Å². The van der Waals surface area contributed by atoms with E-state index >= 15 is 0 Å². The van der Waals surface area contributed by atoms with Crippen LogP contribution < -0.4 is 0 Å². The van der Waals surface area contributed by atoms with Crippen LogP contribution in [0.3, 0.4) is 0 Å². The van der Waals surface area contributed by atoms with Crippen LogP contribution in [0.5, 0.6) is 0 Å². The third-order valence-electron chi connectivity index (χ3n) is 8.13. The smallest absolute Gasteiger partial charge is 0.0351 e. The van der Waals surface area contributed by atoms with Crippen molar-refractivity contribution in [1.29, 1.82) is 0 Å². The van der Waals surface area contributed by atoms with E-state index in [-0.39, 0.29) is 0 Å². The van der Waals surface area contributed by atoms with Gasteiger partial charge in [-0.3, -0.25) is 0 Å². The molecule has 216 valence electrons. The standard InChI is InChI=1S/C36H72/c1-3-5-7-9-11-13-15-17-19-21-23-25-27-29-31-33-35-36-34-32-30-28-26-24-22-20-18-16-14-12-10-8-6-4-2/h5,7H,3-4,6,8-36H2,1-2H3. The molecule has 0 aliphatic carbocycles. The number of hydrogen-bond acceptors (Lipinski definition) is 0. The Hall–Kier alpha value is -0.260. The highest BCUT2D eigenvalue weighted by Crippen LogP contribution is 2.16. The molecule has 0 amide bonds. The molecule has 0 aliphatic heterocycles. The lowest BCUT2D eigenvalue weighted by Gasteiger charge is -2.04. The molecule has 0 nitrogen and oxygen atoms in total. The summed E-state index contributed by atoms with van der Waals surface area (Å²) < 4.78 is 0. The quantitative estimate of drug-likeness (QED) is 0.0631. The first-order valence-corrected chi connectivity index (χ1v) is 17.6. The first kappa shape index (κ1) is 35.7. The van der Waals surface area contributed by atoms with Gasteiger partial charge in [0, 0.05) is 0 Å². The minimum Gasteiger partial charge on any atom is -0.0888 e. The lowest BCUT2D eigenvalue weighted by atomic mass is 10.0. The first-order valence-electron chi connectivity index (χ1n) is 17.6. The zero-order chi connectivity index (χ0) is 26.0. The molecular weight excluding hydrogens is 432 g/mol. The zero-order valence-electron chi connectivity index (χ0n) is 25.8.